The van der Waals surface area contributed by atoms with Gasteiger partial charge in [0, 0.05) is 11.3 Å². The molecule has 0 spiro atoms. The minimum absolute atomic E-state index is 0.588. The Kier molecular flexibility index (Phi) is 5.97. The van der Waals surface area contributed by atoms with E-state index in [1.165, 1.54) is 56.0 Å². The minimum Gasteiger partial charge on any atom is -0.240 e. The second kappa shape index (κ2) is 7.98. The molecule has 0 bridgehead atoms. The zero-order valence-corrected chi connectivity index (χ0v) is 12.8. The van der Waals surface area contributed by atoms with E-state index in [-0.39, 0.29) is 0 Å². The van der Waals surface area contributed by atoms with Crippen molar-refractivity contribution in [1.29, 1.82) is 0 Å². The third-order valence-electron chi connectivity index (χ3n) is 4.00. The van der Waals surface area contributed by atoms with Gasteiger partial charge in [0.15, 0.2) is 0 Å². The zero-order valence-electron chi connectivity index (χ0n) is 12.8. The van der Waals surface area contributed by atoms with Crippen LogP contribution in [-0.4, -0.2) is 9.97 Å². The predicted molar refractivity (Wildman–Crippen MR) is 85.9 cm³/mol. The zero-order chi connectivity index (χ0) is 14.2. The molecule has 20 heavy (non-hydrogen) atoms. The fraction of sp³-hybridized carbons (Fsp3) is 0.556. The van der Waals surface area contributed by atoms with Crippen LogP contribution in [0.25, 0.3) is 10.9 Å². The molecule has 0 amide bonds. The van der Waals surface area contributed by atoms with E-state index in [1.54, 1.807) is 6.33 Å². The highest BCUT2D eigenvalue weighted by Crippen LogP contribution is 2.30. The molecule has 2 aromatic rings. The number of benzene rings is 1. The lowest BCUT2D eigenvalue weighted by molar-refractivity contribution is 0.514. The average molecular weight is 270 g/mol. The second-order valence-corrected chi connectivity index (χ2v) is 5.61. The number of fused-ring (bicyclic) bond motifs is 1. The maximum absolute atomic E-state index is 4.61. The van der Waals surface area contributed by atoms with Gasteiger partial charge >= 0.3 is 0 Å². The normalized spacial score (nSPS) is 12.7. The molecule has 2 nitrogen and oxygen atoms in total. The fourth-order valence-electron chi connectivity index (χ4n) is 2.93. The first-order valence-electron chi connectivity index (χ1n) is 8.06. The number of nitrogens with zero attached hydrogens (tertiary/aromatic N) is 2. The largest absolute Gasteiger partial charge is 0.240 e. The first-order chi connectivity index (χ1) is 9.86. The van der Waals surface area contributed by atoms with Crippen molar-refractivity contribution in [2.75, 3.05) is 0 Å². The standard InChI is InChI=1S/C18H26N2/c1-3-5-6-7-11-15(10-4-2)18-16-12-8-9-13-17(16)19-14-20-18/h8-9,12-15H,3-7,10-11H2,1-2H3. The van der Waals surface area contributed by atoms with E-state index in [0.717, 1.165) is 5.52 Å². The highest BCUT2D eigenvalue weighted by molar-refractivity contribution is 5.80. The van der Waals surface area contributed by atoms with Crippen LogP contribution in [0.15, 0.2) is 30.6 Å². The summed E-state index contributed by atoms with van der Waals surface area (Å²) in [6.45, 7) is 4.53. The molecule has 0 saturated carbocycles. The van der Waals surface area contributed by atoms with E-state index >= 15 is 0 Å². The molecular weight excluding hydrogens is 244 g/mol. The molecule has 0 aliphatic heterocycles. The Bertz CT molecular complexity index is 516. The van der Waals surface area contributed by atoms with Crippen LogP contribution in [0, 0.1) is 0 Å². The van der Waals surface area contributed by atoms with E-state index in [2.05, 4.69) is 48.1 Å². The molecule has 0 N–H and O–H groups in total. The maximum atomic E-state index is 4.61. The van der Waals surface area contributed by atoms with Gasteiger partial charge in [-0.1, -0.05) is 64.2 Å². The molecule has 0 radical (unpaired) electrons. The Morgan fingerprint density at radius 3 is 2.55 bits per heavy atom. The van der Waals surface area contributed by atoms with Crippen LogP contribution in [0.4, 0.5) is 0 Å². The number of hydrogen-bond donors (Lipinski definition) is 0. The van der Waals surface area contributed by atoms with E-state index in [1.807, 2.05) is 0 Å². The third-order valence-corrected chi connectivity index (χ3v) is 4.00. The molecule has 0 aliphatic carbocycles. The van der Waals surface area contributed by atoms with Crippen molar-refractivity contribution in [1.82, 2.24) is 9.97 Å². The molecule has 0 fully saturated rings. The quantitative estimate of drug-likeness (QED) is 0.593. The van der Waals surface area contributed by atoms with Gasteiger partial charge in [-0.25, -0.2) is 9.97 Å². The Morgan fingerprint density at radius 1 is 0.900 bits per heavy atom. The first kappa shape index (κ1) is 15.0. The molecule has 2 heteroatoms. The molecule has 0 aliphatic rings. The molecule has 1 unspecified atom stereocenters. The number of hydrogen-bond acceptors (Lipinski definition) is 2. The Hall–Kier alpha value is -1.44. The monoisotopic (exact) mass is 270 g/mol. The SMILES string of the molecule is CCCCCCC(CCC)c1ncnc2ccccc12. The minimum atomic E-state index is 0.588. The van der Waals surface area contributed by atoms with Gasteiger partial charge in [-0.2, -0.15) is 0 Å². The van der Waals surface area contributed by atoms with Gasteiger partial charge in [-0.15, -0.1) is 0 Å². The third kappa shape index (κ3) is 3.78. The van der Waals surface area contributed by atoms with Crippen molar-refractivity contribution < 1.29 is 0 Å². The number of aromatic nitrogens is 2. The van der Waals surface area contributed by atoms with Crippen LogP contribution >= 0.6 is 0 Å². The lowest BCUT2D eigenvalue weighted by Crippen LogP contribution is -2.03. The Balaban J connectivity index is 2.18. The molecule has 0 saturated heterocycles. The molecule has 1 atom stereocenters. The van der Waals surface area contributed by atoms with Crippen molar-refractivity contribution in [2.45, 2.75) is 64.7 Å². The van der Waals surface area contributed by atoms with Crippen LogP contribution in [0.3, 0.4) is 0 Å². The lowest BCUT2D eigenvalue weighted by atomic mass is 9.91. The van der Waals surface area contributed by atoms with Crippen LogP contribution < -0.4 is 0 Å². The lowest BCUT2D eigenvalue weighted by Gasteiger charge is -2.17. The van der Waals surface area contributed by atoms with E-state index < -0.39 is 0 Å². The summed E-state index contributed by atoms with van der Waals surface area (Å²) >= 11 is 0. The number of para-hydroxylation sites is 1. The summed E-state index contributed by atoms with van der Waals surface area (Å²) in [7, 11) is 0. The van der Waals surface area contributed by atoms with Crippen LogP contribution in [0.2, 0.25) is 0 Å². The predicted octanol–water partition coefficient (Wildman–Crippen LogP) is 5.48. The van der Waals surface area contributed by atoms with E-state index in [9.17, 15) is 0 Å². The number of unbranched alkanes of at least 4 members (excludes halogenated alkanes) is 3. The second-order valence-electron chi connectivity index (χ2n) is 5.61. The van der Waals surface area contributed by atoms with Gasteiger partial charge in [0.05, 0.1) is 11.2 Å². The summed E-state index contributed by atoms with van der Waals surface area (Å²) in [5.74, 6) is 0.588. The van der Waals surface area contributed by atoms with Gasteiger partial charge in [0.2, 0.25) is 0 Å². The summed E-state index contributed by atoms with van der Waals surface area (Å²) in [5.41, 5.74) is 2.33. The average Bonchev–Trinajstić information content (AvgIpc) is 2.50. The number of rotatable bonds is 8. The van der Waals surface area contributed by atoms with Gasteiger partial charge in [0.25, 0.3) is 0 Å². The summed E-state index contributed by atoms with van der Waals surface area (Å²) in [6, 6.07) is 8.39. The van der Waals surface area contributed by atoms with Crippen molar-refractivity contribution in [3.8, 4) is 0 Å². The smallest absolute Gasteiger partial charge is 0.116 e. The molecule has 1 aromatic heterocycles. The summed E-state index contributed by atoms with van der Waals surface area (Å²) < 4.78 is 0. The van der Waals surface area contributed by atoms with Gasteiger partial charge < -0.3 is 0 Å². The maximum Gasteiger partial charge on any atom is 0.116 e. The first-order valence-corrected chi connectivity index (χ1v) is 8.06. The van der Waals surface area contributed by atoms with E-state index in [4.69, 9.17) is 0 Å². The van der Waals surface area contributed by atoms with Gasteiger partial charge in [-0.05, 0) is 18.9 Å². The van der Waals surface area contributed by atoms with Crippen molar-refractivity contribution in [3.63, 3.8) is 0 Å². The fourth-order valence-corrected chi connectivity index (χ4v) is 2.93. The van der Waals surface area contributed by atoms with Crippen LogP contribution in [-0.2, 0) is 0 Å². The summed E-state index contributed by atoms with van der Waals surface area (Å²) in [4.78, 5) is 9.00. The molecule has 108 valence electrons. The van der Waals surface area contributed by atoms with Gasteiger partial charge in [-0.3, -0.25) is 0 Å². The topological polar surface area (TPSA) is 25.8 Å². The van der Waals surface area contributed by atoms with Crippen LogP contribution in [0.1, 0.15) is 70.4 Å². The van der Waals surface area contributed by atoms with Gasteiger partial charge in [0.1, 0.15) is 6.33 Å². The van der Waals surface area contributed by atoms with E-state index in [0.29, 0.717) is 5.92 Å². The molecular formula is C18H26N2. The Morgan fingerprint density at radius 2 is 1.75 bits per heavy atom. The Labute approximate surface area is 122 Å². The molecule has 1 aromatic carbocycles. The van der Waals surface area contributed by atoms with Crippen LogP contribution in [0.5, 0.6) is 0 Å². The van der Waals surface area contributed by atoms with Crippen molar-refractivity contribution in [3.05, 3.63) is 36.3 Å². The molecule has 2 rings (SSSR count). The highest BCUT2D eigenvalue weighted by atomic mass is 14.8. The summed E-state index contributed by atoms with van der Waals surface area (Å²) in [5, 5.41) is 1.24. The summed E-state index contributed by atoms with van der Waals surface area (Å²) in [6.07, 6.45) is 10.7. The van der Waals surface area contributed by atoms with Crippen molar-refractivity contribution >= 4 is 10.9 Å². The van der Waals surface area contributed by atoms with Crippen molar-refractivity contribution in [2.24, 2.45) is 0 Å². The highest BCUT2D eigenvalue weighted by Gasteiger charge is 2.15. The molecule has 1 heterocycles.